The molecule has 23 heavy (non-hydrogen) atoms. The Labute approximate surface area is 133 Å². The number of carboxylic acids is 1. The van der Waals surface area contributed by atoms with Gasteiger partial charge in [-0.05, 0) is 43.0 Å². The van der Waals surface area contributed by atoms with Crippen LogP contribution in [0.4, 0.5) is 4.39 Å². The second-order valence-electron chi connectivity index (χ2n) is 5.79. The number of carboxylic acid groups (broad SMARTS) is 1. The van der Waals surface area contributed by atoms with E-state index in [9.17, 15) is 19.1 Å². The van der Waals surface area contributed by atoms with E-state index in [-0.39, 0.29) is 11.3 Å². The number of carbonyl (C=O) groups excluding carboxylic acids is 1. The molecule has 0 bridgehead atoms. The maximum absolute atomic E-state index is 14.0. The minimum Gasteiger partial charge on any atom is -0.481 e. The zero-order chi connectivity index (χ0) is 16.6. The summed E-state index contributed by atoms with van der Waals surface area (Å²) in [5.41, 5.74) is 1.89. The highest BCUT2D eigenvalue weighted by molar-refractivity contribution is 6.09. The lowest BCUT2D eigenvalue weighted by Crippen LogP contribution is -2.24. The van der Waals surface area contributed by atoms with E-state index in [1.54, 1.807) is 22.8 Å². The van der Waals surface area contributed by atoms with Crippen molar-refractivity contribution in [3.8, 4) is 0 Å². The third kappa shape index (κ3) is 2.56. The lowest BCUT2D eigenvalue weighted by Gasteiger charge is -2.23. The Morgan fingerprint density at radius 3 is 2.74 bits per heavy atom. The Bertz CT molecular complexity index is 779. The molecule has 4 nitrogen and oxygen atoms in total. The van der Waals surface area contributed by atoms with Gasteiger partial charge in [0.25, 0.3) is 0 Å². The number of rotatable bonds is 4. The van der Waals surface area contributed by atoms with Crippen LogP contribution in [-0.4, -0.2) is 21.4 Å². The molecule has 3 rings (SSSR count). The number of nitrogens with zero attached hydrogens (tertiary/aromatic N) is 1. The molecule has 0 spiro atoms. The fourth-order valence-corrected chi connectivity index (χ4v) is 3.32. The van der Waals surface area contributed by atoms with Crippen molar-refractivity contribution in [2.75, 3.05) is 0 Å². The van der Waals surface area contributed by atoms with Crippen LogP contribution in [0.25, 0.3) is 0 Å². The molecule has 2 aromatic rings. The summed E-state index contributed by atoms with van der Waals surface area (Å²) in [5.74, 6) is -2.41. The van der Waals surface area contributed by atoms with Gasteiger partial charge in [-0.1, -0.05) is 19.1 Å². The van der Waals surface area contributed by atoms with Gasteiger partial charge in [-0.2, -0.15) is 0 Å². The highest BCUT2D eigenvalue weighted by Crippen LogP contribution is 2.33. The maximum atomic E-state index is 14.0. The molecule has 1 aromatic carbocycles. The average Bonchev–Trinajstić information content (AvgIpc) is 2.92. The van der Waals surface area contributed by atoms with Crippen LogP contribution in [0.15, 0.2) is 30.3 Å². The van der Waals surface area contributed by atoms with Crippen LogP contribution < -0.4 is 0 Å². The number of aliphatic carboxylic acids is 1. The zero-order valence-corrected chi connectivity index (χ0v) is 12.9. The van der Waals surface area contributed by atoms with Gasteiger partial charge in [0.1, 0.15) is 5.82 Å². The quantitative estimate of drug-likeness (QED) is 0.880. The minimum atomic E-state index is -0.879. The second-order valence-corrected chi connectivity index (χ2v) is 5.79. The molecule has 120 valence electrons. The van der Waals surface area contributed by atoms with Gasteiger partial charge in [0.05, 0.1) is 17.2 Å². The predicted octanol–water partition coefficient (Wildman–Crippen LogP) is 3.38. The van der Waals surface area contributed by atoms with E-state index in [0.717, 1.165) is 5.56 Å². The van der Waals surface area contributed by atoms with Gasteiger partial charge in [0, 0.05) is 12.2 Å². The average molecular weight is 315 g/mol. The first kappa shape index (κ1) is 15.5. The Kier molecular flexibility index (Phi) is 4.03. The molecule has 1 atom stereocenters. The van der Waals surface area contributed by atoms with Crippen molar-refractivity contribution >= 4 is 11.8 Å². The van der Waals surface area contributed by atoms with Gasteiger partial charge in [-0.15, -0.1) is 0 Å². The summed E-state index contributed by atoms with van der Waals surface area (Å²) in [6.45, 7) is 2.50. The van der Waals surface area contributed by atoms with Gasteiger partial charge in [0.2, 0.25) is 5.78 Å². The van der Waals surface area contributed by atoms with Crippen molar-refractivity contribution < 1.29 is 19.1 Å². The molecular formula is C18H18FNO3. The van der Waals surface area contributed by atoms with Gasteiger partial charge in [-0.3, -0.25) is 9.59 Å². The van der Waals surface area contributed by atoms with Crippen LogP contribution in [0.2, 0.25) is 0 Å². The molecule has 1 aliphatic heterocycles. The lowest BCUT2D eigenvalue weighted by molar-refractivity contribution is -0.139. The van der Waals surface area contributed by atoms with Gasteiger partial charge >= 0.3 is 5.97 Å². The highest BCUT2D eigenvalue weighted by Gasteiger charge is 2.32. The molecule has 1 aliphatic rings. The second kappa shape index (κ2) is 5.99. The molecule has 0 fully saturated rings. The number of hydrogen-bond acceptors (Lipinski definition) is 2. The molecule has 5 heteroatoms. The minimum absolute atomic E-state index is 0.0283. The number of carbonyl (C=O) groups is 2. The van der Waals surface area contributed by atoms with E-state index in [4.69, 9.17) is 0 Å². The van der Waals surface area contributed by atoms with E-state index < -0.39 is 17.7 Å². The number of aromatic nitrogens is 1. The summed E-state index contributed by atoms with van der Waals surface area (Å²) in [4.78, 5) is 24.3. The first-order chi connectivity index (χ1) is 11.0. The molecule has 1 N–H and O–H groups in total. The van der Waals surface area contributed by atoms with E-state index >= 15 is 0 Å². The summed E-state index contributed by atoms with van der Waals surface area (Å²) in [7, 11) is 0. The maximum Gasteiger partial charge on any atom is 0.312 e. The monoisotopic (exact) mass is 315 g/mol. The molecule has 1 aromatic heterocycles. The summed E-state index contributed by atoms with van der Waals surface area (Å²) < 4.78 is 15.8. The Balaban J connectivity index is 2.15. The molecule has 2 heterocycles. The van der Waals surface area contributed by atoms with Crippen molar-refractivity contribution in [3.63, 3.8) is 0 Å². The first-order valence-electron chi connectivity index (χ1n) is 7.79. The van der Waals surface area contributed by atoms with Crippen molar-refractivity contribution in [1.29, 1.82) is 0 Å². The number of benzene rings is 1. The van der Waals surface area contributed by atoms with Crippen molar-refractivity contribution in [2.24, 2.45) is 0 Å². The summed E-state index contributed by atoms with van der Waals surface area (Å²) in [6, 6.07) is 7.70. The Morgan fingerprint density at radius 2 is 2.09 bits per heavy atom. The standard InChI is InChI=1S/C18H18FNO3/c1-2-11-10-15-13(18(22)23)7-5-9-20(15)16(11)17(21)12-6-3-4-8-14(12)19/h3-4,6,8,10,13H,2,5,7,9H2,1H3,(H,22,23). The molecule has 0 radical (unpaired) electrons. The smallest absolute Gasteiger partial charge is 0.312 e. The van der Waals surface area contributed by atoms with Crippen LogP contribution in [-0.2, 0) is 17.8 Å². The van der Waals surface area contributed by atoms with Crippen LogP contribution in [0.1, 0.15) is 53.0 Å². The van der Waals surface area contributed by atoms with Crippen molar-refractivity contribution in [3.05, 3.63) is 58.7 Å². The first-order valence-corrected chi connectivity index (χ1v) is 7.79. The number of hydrogen-bond donors (Lipinski definition) is 1. The third-order valence-electron chi connectivity index (χ3n) is 4.45. The van der Waals surface area contributed by atoms with Crippen LogP contribution in [0.3, 0.4) is 0 Å². The number of ketones is 1. The topological polar surface area (TPSA) is 59.3 Å². The summed E-state index contributed by atoms with van der Waals surface area (Å²) in [6.07, 6.45) is 1.86. The van der Waals surface area contributed by atoms with E-state index in [2.05, 4.69) is 0 Å². The van der Waals surface area contributed by atoms with E-state index in [0.29, 0.717) is 37.2 Å². The largest absolute Gasteiger partial charge is 0.481 e. The van der Waals surface area contributed by atoms with Gasteiger partial charge in [0.15, 0.2) is 0 Å². The van der Waals surface area contributed by atoms with E-state index in [1.165, 1.54) is 12.1 Å². The van der Waals surface area contributed by atoms with E-state index in [1.807, 2.05) is 6.92 Å². The molecular weight excluding hydrogens is 297 g/mol. The van der Waals surface area contributed by atoms with Crippen LogP contribution >= 0.6 is 0 Å². The lowest BCUT2D eigenvalue weighted by atomic mass is 9.96. The van der Waals surface area contributed by atoms with Crippen LogP contribution in [0.5, 0.6) is 0 Å². The normalized spacial score (nSPS) is 16.9. The third-order valence-corrected chi connectivity index (χ3v) is 4.45. The molecule has 1 unspecified atom stereocenters. The van der Waals surface area contributed by atoms with Crippen molar-refractivity contribution in [1.82, 2.24) is 4.57 Å². The number of aryl methyl sites for hydroxylation is 1. The summed E-state index contributed by atoms with van der Waals surface area (Å²) in [5, 5.41) is 9.40. The molecule has 0 aliphatic carbocycles. The Morgan fingerprint density at radius 1 is 1.35 bits per heavy atom. The zero-order valence-electron chi connectivity index (χ0n) is 12.9. The number of halogens is 1. The van der Waals surface area contributed by atoms with Gasteiger partial charge < -0.3 is 9.67 Å². The van der Waals surface area contributed by atoms with Gasteiger partial charge in [-0.25, -0.2) is 4.39 Å². The predicted molar refractivity (Wildman–Crippen MR) is 83.3 cm³/mol. The van der Waals surface area contributed by atoms with Crippen LogP contribution in [0, 0.1) is 5.82 Å². The SMILES string of the molecule is CCc1cc2n(c1C(=O)c1ccccc1F)CCCC2C(=O)O. The highest BCUT2D eigenvalue weighted by atomic mass is 19.1. The Hall–Kier alpha value is -2.43. The fraction of sp³-hybridized carbons (Fsp3) is 0.333. The van der Waals surface area contributed by atoms with Crippen molar-refractivity contribution in [2.45, 2.75) is 38.6 Å². The summed E-state index contributed by atoms with van der Waals surface area (Å²) >= 11 is 0. The number of fused-ring (bicyclic) bond motifs is 1. The molecule has 0 saturated carbocycles. The molecule has 0 saturated heterocycles. The molecule has 0 amide bonds. The fourth-order valence-electron chi connectivity index (χ4n) is 3.32.